The molecule has 0 fully saturated rings. The van der Waals surface area contributed by atoms with Crippen molar-refractivity contribution in [2.75, 3.05) is 13.2 Å². The quantitative estimate of drug-likeness (QED) is 0.0302. The van der Waals surface area contributed by atoms with E-state index in [1.807, 2.05) is 0 Å². The SMILES string of the molecule is CC/C=C/CCCCCCCCCCCCCCCCCCOC(=O)c1cccc(S(=O)(=O)O)c1C(=O)OCCCCCCCCCCCCCCCCCC/C=C/CC. The first-order valence-electron chi connectivity index (χ1n) is 25.1. The fourth-order valence-electron chi connectivity index (χ4n) is 7.85. The van der Waals surface area contributed by atoms with E-state index in [0.717, 1.165) is 57.4 Å². The largest absolute Gasteiger partial charge is 0.462 e. The molecule has 0 atom stereocenters. The molecule has 346 valence electrons. The van der Waals surface area contributed by atoms with Crippen molar-refractivity contribution in [3.05, 3.63) is 53.6 Å². The lowest BCUT2D eigenvalue weighted by Crippen LogP contribution is -2.19. The van der Waals surface area contributed by atoms with E-state index in [4.69, 9.17) is 9.47 Å². The molecular formula is C52H90O7S. The Kier molecular flexibility index (Phi) is 37.6. The van der Waals surface area contributed by atoms with Gasteiger partial charge in [-0.15, -0.1) is 0 Å². The molecule has 8 heteroatoms. The zero-order valence-electron chi connectivity index (χ0n) is 38.7. The number of carbonyl (C=O) groups is 2. The van der Waals surface area contributed by atoms with Crippen LogP contribution in [0.25, 0.3) is 0 Å². The number of esters is 2. The Labute approximate surface area is 369 Å². The summed E-state index contributed by atoms with van der Waals surface area (Å²) in [5.41, 5.74) is -0.666. The molecule has 1 N–H and O–H groups in total. The lowest BCUT2D eigenvalue weighted by Gasteiger charge is -2.13. The van der Waals surface area contributed by atoms with Crippen LogP contribution in [0, 0.1) is 0 Å². The number of carbonyl (C=O) groups excluding carboxylic acids is 2. The lowest BCUT2D eigenvalue weighted by molar-refractivity contribution is 0.0446. The maximum Gasteiger partial charge on any atom is 0.340 e. The number of unbranched alkanes of at least 4 members (excludes halogenated alkanes) is 32. The number of benzene rings is 1. The molecule has 0 radical (unpaired) electrons. The number of hydrogen-bond donors (Lipinski definition) is 1. The Morgan fingerprint density at radius 1 is 0.450 bits per heavy atom. The first-order chi connectivity index (χ1) is 29.3. The first kappa shape index (κ1) is 55.6. The van der Waals surface area contributed by atoms with Crippen molar-refractivity contribution in [1.82, 2.24) is 0 Å². The fourth-order valence-corrected chi connectivity index (χ4v) is 8.56. The maximum absolute atomic E-state index is 13.1. The number of ether oxygens (including phenoxy) is 2. The second kappa shape index (κ2) is 40.6. The van der Waals surface area contributed by atoms with Crippen molar-refractivity contribution < 1.29 is 32.0 Å². The molecule has 0 aliphatic heterocycles. The van der Waals surface area contributed by atoms with E-state index >= 15 is 0 Å². The van der Waals surface area contributed by atoms with E-state index in [-0.39, 0.29) is 18.8 Å². The summed E-state index contributed by atoms with van der Waals surface area (Å²) in [6.45, 7) is 4.67. The first-order valence-corrected chi connectivity index (χ1v) is 26.5. The van der Waals surface area contributed by atoms with E-state index in [2.05, 4.69) is 38.2 Å². The highest BCUT2D eigenvalue weighted by atomic mass is 32.2. The third kappa shape index (κ3) is 32.3. The van der Waals surface area contributed by atoms with Crippen molar-refractivity contribution in [3.8, 4) is 0 Å². The second-order valence-corrected chi connectivity index (χ2v) is 18.5. The molecule has 0 spiro atoms. The Morgan fingerprint density at radius 2 is 0.750 bits per heavy atom. The van der Waals surface area contributed by atoms with Gasteiger partial charge in [0.15, 0.2) is 0 Å². The molecular weight excluding hydrogens is 769 g/mol. The van der Waals surface area contributed by atoms with Gasteiger partial charge in [-0.05, 0) is 63.5 Å². The Morgan fingerprint density at radius 3 is 1.07 bits per heavy atom. The molecule has 0 unspecified atom stereocenters. The van der Waals surface area contributed by atoms with Crippen LogP contribution in [0.4, 0.5) is 0 Å². The van der Waals surface area contributed by atoms with Crippen LogP contribution in [0.15, 0.2) is 47.4 Å². The van der Waals surface area contributed by atoms with Gasteiger partial charge >= 0.3 is 11.9 Å². The van der Waals surface area contributed by atoms with Gasteiger partial charge in [0.25, 0.3) is 10.1 Å². The number of allylic oxidation sites excluding steroid dienone is 4. The number of rotatable bonds is 43. The fraction of sp³-hybridized carbons (Fsp3) is 0.769. The molecule has 1 rings (SSSR count). The predicted octanol–water partition coefficient (Wildman–Crippen LogP) is 16.4. The maximum atomic E-state index is 13.1. The Hall–Kier alpha value is -2.45. The summed E-state index contributed by atoms with van der Waals surface area (Å²) in [5.74, 6) is -1.73. The molecule has 60 heavy (non-hydrogen) atoms. The minimum Gasteiger partial charge on any atom is -0.462 e. The van der Waals surface area contributed by atoms with Gasteiger partial charge in [0.2, 0.25) is 0 Å². The highest BCUT2D eigenvalue weighted by Crippen LogP contribution is 2.23. The average molecular weight is 859 g/mol. The second-order valence-electron chi connectivity index (χ2n) is 17.1. The molecule has 0 bridgehead atoms. The van der Waals surface area contributed by atoms with Crippen molar-refractivity contribution in [2.45, 2.75) is 250 Å². The van der Waals surface area contributed by atoms with Gasteiger partial charge in [-0.25, -0.2) is 9.59 Å². The molecule has 0 heterocycles. The van der Waals surface area contributed by atoms with Gasteiger partial charge in [0, 0.05) is 0 Å². The third-order valence-electron chi connectivity index (χ3n) is 11.5. The van der Waals surface area contributed by atoms with Gasteiger partial charge in [-0.3, -0.25) is 4.55 Å². The smallest absolute Gasteiger partial charge is 0.340 e. The van der Waals surface area contributed by atoms with Crippen LogP contribution < -0.4 is 0 Å². The standard InChI is InChI=1S/C52H90O7S/c1-3-5-7-9-11-13-15-17-19-21-23-25-27-29-31-33-35-37-39-41-46-58-51(53)48-44-43-45-49(60(55,56)57)50(48)52(54)59-47-42-40-38-36-34-32-30-28-26-24-22-20-18-16-14-12-10-8-6-4-2/h5-8,43-45H,3-4,9-42,46-47H2,1-2H3,(H,55,56,57)/b7-5+,8-6+. The van der Waals surface area contributed by atoms with Gasteiger partial charge in [0.05, 0.1) is 24.3 Å². The average Bonchev–Trinajstić information content (AvgIpc) is 3.24. The molecule has 1 aromatic carbocycles. The van der Waals surface area contributed by atoms with E-state index in [1.165, 1.54) is 179 Å². The summed E-state index contributed by atoms with van der Waals surface area (Å²) in [7, 11) is -4.77. The van der Waals surface area contributed by atoms with Crippen molar-refractivity contribution in [2.24, 2.45) is 0 Å². The van der Waals surface area contributed by atoms with Gasteiger partial charge in [0.1, 0.15) is 4.90 Å². The minimum atomic E-state index is -4.77. The molecule has 1 aromatic rings. The summed E-state index contributed by atoms with van der Waals surface area (Å²) >= 11 is 0. The summed E-state index contributed by atoms with van der Waals surface area (Å²) in [6, 6.07) is 3.78. The van der Waals surface area contributed by atoms with Crippen molar-refractivity contribution in [1.29, 1.82) is 0 Å². The minimum absolute atomic E-state index is 0.112. The number of hydrogen-bond acceptors (Lipinski definition) is 6. The third-order valence-corrected chi connectivity index (χ3v) is 12.4. The molecule has 0 amide bonds. The Balaban J connectivity index is 2.14. The predicted molar refractivity (Wildman–Crippen MR) is 253 cm³/mol. The van der Waals surface area contributed by atoms with E-state index in [1.54, 1.807) is 0 Å². The molecule has 7 nitrogen and oxygen atoms in total. The van der Waals surface area contributed by atoms with Gasteiger partial charge in [-0.1, -0.05) is 224 Å². The Bertz CT molecular complexity index is 1340. The zero-order valence-corrected chi connectivity index (χ0v) is 39.5. The van der Waals surface area contributed by atoms with Crippen molar-refractivity contribution >= 4 is 22.1 Å². The van der Waals surface area contributed by atoms with Crippen LogP contribution in [0.3, 0.4) is 0 Å². The van der Waals surface area contributed by atoms with Crippen LogP contribution in [0.1, 0.15) is 266 Å². The van der Waals surface area contributed by atoms with Crippen LogP contribution >= 0.6 is 0 Å². The summed E-state index contributed by atoms with van der Waals surface area (Å²) in [4.78, 5) is 25.5. The van der Waals surface area contributed by atoms with E-state index in [9.17, 15) is 22.6 Å². The topological polar surface area (TPSA) is 107 Å². The van der Waals surface area contributed by atoms with Crippen LogP contribution in [0.5, 0.6) is 0 Å². The molecule has 0 aromatic heterocycles. The van der Waals surface area contributed by atoms with Crippen molar-refractivity contribution in [3.63, 3.8) is 0 Å². The van der Waals surface area contributed by atoms with E-state index in [0.29, 0.717) is 12.8 Å². The monoisotopic (exact) mass is 859 g/mol. The highest BCUT2D eigenvalue weighted by molar-refractivity contribution is 7.86. The lowest BCUT2D eigenvalue weighted by atomic mass is 10.0. The van der Waals surface area contributed by atoms with Crippen LogP contribution in [-0.4, -0.2) is 38.1 Å². The summed E-state index contributed by atoms with van der Waals surface area (Å²) < 4.78 is 45.0. The molecule has 0 saturated carbocycles. The van der Waals surface area contributed by atoms with Crippen LogP contribution in [-0.2, 0) is 19.6 Å². The van der Waals surface area contributed by atoms with Gasteiger partial charge < -0.3 is 9.47 Å². The molecule has 0 aliphatic carbocycles. The van der Waals surface area contributed by atoms with Gasteiger partial charge in [-0.2, -0.15) is 8.42 Å². The zero-order chi connectivity index (χ0) is 43.6. The summed E-state index contributed by atoms with van der Waals surface area (Å²) in [5, 5.41) is 0. The summed E-state index contributed by atoms with van der Waals surface area (Å²) in [6.07, 6.45) is 53.5. The molecule has 0 aliphatic rings. The van der Waals surface area contributed by atoms with Crippen LogP contribution in [0.2, 0.25) is 0 Å². The normalized spacial score (nSPS) is 11.9. The molecule has 0 saturated heterocycles. The highest BCUT2D eigenvalue weighted by Gasteiger charge is 2.28. The van der Waals surface area contributed by atoms with E-state index < -0.39 is 32.5 Å².